The maximum atomic E-state index is 14.2. The summed E-state index contributed by atoms with van der Waals surface area (Å²) in [7, 11) is 0. The number of aromatic nitrogens is 3. The van der Waals surface area contributed by atoms with Crippen LogP contribution in [0.5, 0.6) is 0 Å². The number of amides is 2. The van der Waals surface area contributed by atoms with E-state index >= 15 is 0 Å². The molecule has 1 aliphatic rings. The number of nitrogens with one attached hydrogen (secondary N) is 1. The van der Waals surface area contributed by atoms with Gasteiger partial charge in [-0.2, -0.15) is 18.3 Å². The third-order valence-corrected chi connectivity index (χ3v) is 6.46. The number of aliphatic imine (C=N–C) groups is 1. The van der Waals surface area contributed by atoms with Crippen molar-refractivity contribution in [3.63, 3.8) is 0 Å². The summed E-state index contributed by atoms with van der Waals surface area (Å²) < 4.78 is 84.3. The molecule has 0 unspecified atom stereocenters. The second-order valence-electron chi connectivity index (χ2n) is 9.40. The Morgan fingerprint density at radius 2 is 1.76 bits per heavy atom. The van der Waals surface area contributed by atoms with Gasteiger partial charge in [0.25, 0.3) is 11.8 Å². The number of primary amides is 1. The standard InChI is InChI=1S/C28H20F6N6O2/c29-16-6-14(7-17(30)10-16)8-22(25-18(2-1-5-37-25)15-3-4-21(31)19(9-15)27(35)42)38-24(41)13-40-26(28(32,33)34)20-11-36-12-23(20)39-40/h1-7,9-10,36H,8,11-13H2,(H2,35,42). The Balaban J connectivity index is 1.60. The van der Waals surface area contributed by atoms with Crippen LogP contribution in [-0.4, -0.2) is 32.3 Å². The first-order valence-corrected chi connectivity index (χ1v) is 12.4. The molecule has 2 aromatic carbocycles. The summed E-state index contributed by atoms with van der Waals surface area (Å²) in [5.41, 5.74) is 4.24. The van der Waals surface area contributed by atoms with Crippen LogP contribution in [0.4, 0.5) is 26.3 Å². The highest BCUT2D eigenvalue weighted by Crippen LogP contribution is 2.35. The number of alkyl halides is 3. The van der Waals surface area contributed by atoms with Crippen molar-refractivity contribution in [2.75, 3.05) is 0 Å². The molecule has 0 fully saturated rings. The number of nitrogens with two attached hydrogens (primary N) is 1. The summed E-state index contributed by atoms with van der Waals surface area (Å²) in [4.78, 5) is 33.2. The van der Waals surface area contributed by atoms with Crippen molar-refractivity contribution in [2.24, 2.45) is 10.7 Å². The first kappa shape index (κ1) is 28.7. The van der Waals surface area contributed by atoms with Crippen LogP contribution in [0.2, 0.25) is 0 Å². The lowest BCUT2D eigenvalue weighted by Gasteiger charge is -2.14. The van der Waals surface area contributed by atoms with E-state index in [-0.39, 0.29) is 58.9 Å². The van der Waals surface area contributed by atoms with Gasteiger partial charge >= 0.3 is 6.18 Å². The lowest BCUT2D eigenvalue weighted by atomic mass is 9.96. The van der Waals surface area contributed by atoms with E-state index in [2.05, 4.69) is 20.4 Å². The fourth-order valence-corrected chi connectivity index (χ4v) is 4.76. The van der Waals surface area contributed by atoms with Crippen molar-refractivity contribution in [1.29, 1.82) is 0 Å². The topological polar surface area (TPSA) is 115 Å². The molecule has 42 heavy (non-hydrogen) atoms. The fraction of sp³-hybridized carbons (Fsp3) is 0.179. The molecule has 0 saturated heterocycles. The Labute approximate surface area is 233 Å². The van der Waals surface area contributed by atoms with Gasteiger partial charge in [0, 0.05) is 42.9 Å². The lowest BCUT2D eigenvalue weighted by molar-refractivity contribution is -0.145. The average Bonchev–Trinajstić information content (AvgIpc) is 3.48. The van der Waals surface area contributed by atoms with Crippen LogP contribution in [0.3, 0.4) is 0 Å². The second kappa shape index (κ2) is 11.2. The molecule has 1 aliphatic heterocycles. The average molecular weight is 586 g/mol. The van der Waals surface area contributed by atoms with Gasteiger partial charge in [-0.1, -0.05) is 12.1 Å². The minimum atomic E-state index is -4.80. The number of fused-ring (bicyclic) bond motifs is 1. The van der Waals surface area contributed by atoms with Gasteiger partial charge in [-0.3, -0.25) is 19.3 Å². The quantitative estimate of drug-likeness (QED) is 0.247. The SMILES string of the molecule is NC(=O)c1cc(-c2cccnc2C(Cc2cc(F)cc(F)c2)=NC(=O)Cn2nc3c(c2C(F)(F)F)CNC3)ccc1F. The van der Waals surface area contributed by atoms with E-state index in [1.807, 2.05) is 0 Å². The number of nitrogens with zero attached hydrogens (tertiary/aromatic N) is 4. The number of halogens is 6. The van der Waals surface area contributed by atoms with Crippen molar-refractivity contribution in [1.82, 2.24) is 20.1 Å². The second-order valence-corrected chi connectivity index (χ2v) is 9.40. The summed E-state index contributed by atoms with van der Waals surface area (Å²) in [5.74, 6) is -4.78. The zero-order valence-electron chi connectivity index (χ0n) is 21.5. The summed E-state index contributed by atoms with van der Waals surface area (Å²) in [6, 6.07) is 9.14. The molecular formula is C28H20F6N6O2. The first-order chi connectivity index (χ1) is 19.9. The summed E-state index contributed by atoms with van der Waals surface area (Å²) in [5, 5.41) is 6.71. The van der Waals surface area contributed by atoms with E-state index in [0.717, 1.165) is 24.3 Å². The molecular weight excluding hydrogens is 566 g/mol. The van der Waals surface area contributed by atoms with Crippen molar-refractivity contribution in [2.45, 2.75) is 32.2 Å². The van der Waals surface area contributed by atoms with Gasteiger partial charge < -0.3 is 11.1 Å². The molecule has 0 aliphatic carbocycles. The van der Waals surface area contributed by atoms with Gasteiger partial charge in [-0.25, -0.2) is 18.2 Å². The van der Waals surface area contributed by atoms with E-state index in [1.165, 1.54) is 24.4 Å². The molecule has 0 radical (unpaired) electrons. The smallest absolute Gasteiger partial charge is 0.366 e. The van der Waals surface area contributed by atoms with Crippen LogP contribution in [0.1, 0.15) is 38.6 Å². The highest BCUT2D eigenvalue weighted by atomic mass is 19.4. The van der Waals surface area contributed by atoms with E-state index in [4.69, 9.17) is 5.73 Å². The highest BCUT2D eigenvalue weighted by molar-refractivity contribution is 6.10. The van der Waals surface area contributed by atoms with Crippen LogP contribution < -0.4 is 11.1 Å². The summed E-state index contributed by atoms with van der Waals surface area (Å²) in [6.07, 6.45) is -3.83. The van der Waals surface area contributed by atoms with Crippen LogP contribution >= 0.6 is 0 Å². The van der Waals surface area contributed by atoms with Gasteiger partial charge in [-0.15, -0.1) is 0 Å². The van der Waals surface area contributed by atoms with Crippen LogP contribution in [0, 0.1) is 17.5 Å². The molecule has 4 aromatic rings. The molecule has 8 nitrogen and oxygen atoms in total. The third kappa shape index (κ3) is 5.93. The Kier molecular flexibility index (Phi) is 7.65. The normalized spacial score (nSPS) is 13.3. The Morgan fingerprint density at radius 1 is 1.02 bits per heavy atom. The number of carbonyl (C=O) groups excluding carboxylic acids is 2. The number of pyridine rings is 1. The van der Waals surface area contributed by atoms with Gasteiger partial charge in [0.1, 0.15) is 29.7 Å². The summed E-state index contributed by atoms with van der Waals surface area (Å²) >= 11 is 0. The van der Waals surface area contributed by atoms with Crippen LogP contribution in [0.15, 0.2) is 59.7 Å². The molecule has 0 bridgehead atoms. The Morgan fingerprint density at radius 3 is 2.45 bits per heavy atom. The van der Waals surface area contributed by atoms with Crippen molar-refractivity contribution >= 4 is 17.5 Å². The maximum Gasteiger partial charge on any atom is 0.433 e. The van der Waals surface area contributed by atoms with Crippen LogP contribution in [-0.2, 0) is 37.0 Å². The number of hydrogen-bond acceptors (Lipinski definition) is 5. The number of hydrogen-bond donors (Lipinski definition) is 2. The van der Waals surface area contributed by atoms with Crippen molar-refractivity contribution in [3.05, 3.63) is 106 Å². The Hall–Kier alpha value is -4.85. The zero-order chi connectivity index (χ0) is 30.2. The lowest BCUT2D eigenvalue weighted by Crippen LogP contribution is -2.22. The third-order valence-electron chi connectivity index (χ3n) is 6.46. The number of carbonyl (C=O) groups is 2. The van der Waals surface area contributed by atoms with E-state index in [9.17, 15) is 35.9 Å². The van der Waals surface area contributed by atoms with Gasteiger partial charge in [0.2, 0.25) is 0 Å². The molecule has 3 N–H and O–H groups in total. The number of rotatable bonds is 7. The summed E-state index contributed by atoms with van der Waals surface area (Å²) in [6.45, 7) is -0.852. The fourth-order valence-electron chi connectivity index (χ4n) is 4.76. The zero-order valence-corrected chi connectivity index (χ0v) is 21.5. The molecule has 14 heteroatoms. The maximum absolute atomic E-state index is 14.2. The highest BCUT2D eigenvalue weighted by Gasteiger charge is 2.41. The Bertz CT molecular complexity index is 1730. The first-order valence-electron chi connectivity index (χ1n) is 12.4. The van der Waals surface area contributed by atoms with E-state index < -0.39 is 53.2 Å². The molecule has 0 saturated carbocycles. The molecule has 2 aromatic heterocycles. The van der Waals surface area contributed by atoms with Gasteiger partial charge in [0.15, 0.2) is 0 Å². The molecule has 2 amide bonds. The van der Waals surface area contributed by atoms with Crippen LogP contribution in [0.25, 0.3) is 11.1 Å². The molecule has 0 atom stereocenters. The molecule has 0 spiro atoms. The minimum Gasteiger partial charge on any atom is -0.366 e. The molecule has 5 rings (SSSR count). The molecule has 216 valence electrons. The predicted octanol–water partition coefficient (Wildman–Crippen LogP) is 4.34. The largest absolute Gasteiger partial charge is 0.433 e. The van der Waals surface area contributed by atoms with Crippen molar-refractivity contribution in [3.8, 4) is 11.1 Å². The minimum absolute atomic E-state index is 0.000697. The molecule has 3 heterocycles. The monoisotopic (exact) mass is 586 g/mol. The van der Waals surface area contributed by atoms with Gasteiger partial charge in [-0.05, 0) is 41.5 Å². The van der Waals surface area contributed by atoms with E-state index in [0.29, 0.717) is 10.7 Å². The van der Waals surface area contributed by atoms with Crippen molar-refractivity contribution < 1.29 is 35.9 Å². The predicted molar refractivity (Wildman–Crippen MR) is 138 cm³/mol. The van der Waals surface area contributed by atoms with E-state index in [1.54, 1.807) is 0 Å². The van der Waals surface area contributed by atoms with Gasteiger partial charge in [0.05, 0.1) is 22.7 Å². The number of benzene rings is 2.